The first-order chi connectivity index (χ1) is 11.1. The van der Waals surface area contributed by atoms with Crippen LogP contribution in [-0.4, -0.2) is 46.5 Å². The van der Waals surface area contributed by atoms with Gasteiger partial charge in [0.15, 0.2) is 0 Å². The van der Waals surface area contributed by atoms with Crippen molar-refractivity contribution in [3.05, 3.63) is 39.9 Å². The van der Waals surface area contributed by atoms with Gasteiger partial charge in [-0.1, -0.05) is 18.2 Å². The smallest absolute Gasteiger partial charge is 0.274 e. The van der Waals surface area contributed by atoms with Crippen molar-refractivity contribution in [1.29, 1.82) is 0 Å². The minimum atomic E-state index is -0.377. The summed E-state index contributed by atoms with van der Waals surface area (Å²) in [4.78, 5) is 26.3. The molecule has 0 saturated carbocycles. The average Bonchev–Trinajstić information content (AvgIpc) is 2.89. The summed E-state index contributed by atoms with van der Waals surface area (Å²) in [6.45, 7) is 7.82. The maximum Gasteiger partial charge on any atom is 0.274 e. The fraction of sp³-hybridized carbons (Fsp3) is 0.562. The van der Waals surface area contributed by atoms with Crippen LogP contribution in [-0.2, 0) is 11.3 Å². The Morgan fingerprint density at radius 2 is 2.04 bits per heavy atom. The van der Waals surface area contributed by atoms with E-state index in [-0.39, 0.29) is 21.9 Å². The predicted octanol–water partition coefficient (Wildman–Crippen LogP) is 1.31. The van der Waals surface area contributed by atoms with Gasteiger partial charge in [0.1, 0.15) is 0 Å². The molecule has 7 heteroatoms. The van der Waals surface area contributed by atoms with Gasteiger partial charge in [0.05, 0.1) is 42.2 Å². The Bertz CT molecular complexity index is 563. The fourth-order valence-corrected chi connectivity index (χ4v) is 4.02. The first-order valence-corrected chi connectivity index (χ1v) is 9.08. The number of para-hydroxylation sites is 1. The van der Waals surface area contributed by atoms with Crippen molar-refractivity contribution in [3.8, 4) is 0 Å². The molecule has 1 amide bonds. The molecule has 0 aromatic heterocycles. The Hall–Kier alpha value is -1.60. The lowest BCUT2D eigenvalue weighted by Gasteiger charge is -2.25. The molecule has 0 spiro atoms. The Labute approximate surface area is 141 Å². The number of nitro groups is 1. The molecule has 1 atom stereocenters. The van der Waals surface area contributed by atoms with Crippen molar-refractivity contribution in [3.63, 3.8) is 0 Å². The molecular weight excluding hydrogens is 314 g/mol. The van der Waals surface area contributed by atoms with Gasteiger partial charge >= 0.3 is 0 Å². The third-order valence-corrected chi connectivity index (χ3v) is 5.63. The van der Waals surface area contributed by atoms with Crippen molar-refractivity contribution in [2.45, 2.75) is 32.2 Å². The number of nitro benzene ring substituents is 1. The normalized spacial score (nSPS) is 18.0. The molecule has 0 unspecified atom stereocenters. The number of hydrogen-bond donors (Lipinski definition) is 1. The highest BCUT2D eigenvalue weighted by atomic mass is 32.2. The van der Waals surface area contributed by atoms with Crippen molar-refractivity contribution in [2.24, 2.45) is 0 Å². The summed E-state index contributed by atoms with van der Waals surface area (Å²) < 4.78 is 0. The number of amides is 1. The predicted molar refractivity (Wildman–Crippen MR) is 91.4 cm³/mol. The number of carbonyl (C=O) groups excluding carboxylic acids is 1. The number of quaternary nitrogens is 1. The summed E-state index contributed by atoms with van der Waals surface area (Å²) in [7, 11) is 0. The van der Waals surface area contributed by atoms with Crippen LogP contribution in [0.2, 0.25) is 0 Å². The largest absolute Gasteiger partial charge is 0.335 e. The Morgan fingerprint density at radius 1 is 1.35 bits per heavy atom. The van der Waals surface area contributed by atoms with Crippen LogP contribution in [0.3, 0.4) is 0 Å². The summed E-state index contributed by atoms with van der Waals surface area (Å²) in [5.74, 6) is 0.548. The zero-order valence-corrected chi connectivity index (χ0v) is 14.5. The zero-order chi connectivity index (χ0) is 16.8. The minimum Gasteiger partial charge on any atom is -0.335 e. The molecule has 0 radical (unpaired) electrons. The van der Waals surface area contributed by atoms with Crippen LogP contribution in [0, 0.1) is 10.1 Å². The molecule has 1 aromatic carbocycles. The number of hydrogen-bond acceptors (Lipinski definition) is 4. The number of carbonyl (C=O) groups is 1. The molecule has 1 N–H and O–H groups in total. The van der Waals surface area contributed by atoms with Gasteiger partial charge in [0.25, 0.3) is 5.69 Å². The van der Waals surface area contributed by atoms with E-state index >= 15 is 0 Å². The van der Waals surface area contributed by atoms with Crippen molar-refractivity contribution in [1.82, 2.24) is 4.90 Å². The number of thioether (sulfide) groups is 1. The van der Waals surface area contributed by atoms with E-state index in [9.17, 15) is 14.9 Å². The Balaban J connectivity index is 2.07. The lowest BCUT2D eigenvalue weighted by Crippen LogP contribution is -3.11. The van der Waals surface area contributed by atoms with Crippen LogP contribution in [0.4, 0.5) is 5.69 Å². The van der Waals surface area contributed by atoms with Gasteiger partial charge in [-0.25, -0.2) is 0 Å². The monoisotopic (exact) mass is 338 g/mol. The topological polar surface area (TPSA) is 67.9 Å². The Morgan fingerprint density at radius 3 is 2.70 bits per heavy atom. The number of rotatable bonds is 8. The highest BCUT2D eigenvalue weighted by molar-refractivity contribution is 8.00. The number of nitrogens with one attached hydrogen (secondary N) is 1. The number of benzene rings is 1. The van der Waals surface area contributed by atoms with Gasteiger partial charge in [-0.3, -0.25) is 14.9 Å². The molecule has 126 valence electrons. The van der Waals surface area contributed by atoms with E-state index in [0.717, 1.165) is 26.1 Å². The van der Waals surface area contributed by atoms with E-state index in [1.807, 2.05) is 0 Å². The first-order valence-electron chi connectivity index (χ1n) is 8.03. The highest BCUT2D eigenvalue weighted by Crippen LogP contribution is 2.30. The highest BCUT2D eigenvalue weighted by Gasteiger charge is 2.33. The standard InChI is InChI=1S/C16H23N3O3S/c1-3-17(4-2)10-9-16-18(15(20)12-23-16)11-13-7-5-6-8-14(13)19(21)22/h5-8,16H,3-4,9-12H2,1-2H3/p+1/t16-/m1/s1. The molecule has 2 rings (SSSR count). The van der Waals surface area contributed by atoms with Crippen LogP contribution < -0.4 is 4.90 Å². The van der Waals surface area contributed by atoms with E-state index in [1.165, 1.54) is 11.0 Å². The molecule has 1 heterocycles. The third-order valence-electron chi connectivity index (χ3n) is 4.34. The SMILES string of the molecule is CC[NH+](CC)CC[C@H]1SCC(=O)N1Cc1ccccc1[N+](=O)[O-]. The molecule has 1 aliphatic heterocycles. The van der Waals surface area contributed by atoms with Crippen LogP contribution in [0.5, 0.6) is 0 Å². The molecular formula is C16H24N3O3S+. The zero-order valence-electron chi connectivity index (χ0n) is 13.7. The van der Waals surface area contributed by atoms with Gasteiger partial charge in [-0.05, 0) is 13.8 Å². The molecule has 23 heavy (non-hydrogen) atoms. The van der Waals surface area contributed by atoms with Crippen molar-refractivity contribution in [2.75, 3.05) is 25.4 Å². The second kappa shape index (κ2) is 8.31. The number of nitrogens with zero attached hydrogens (tertiary/aromatic N) is 2. The van der Waals surface area contributed by atoms with E-state index < -0.39 is 0 Å². The van der Waals surface area contributed by atoms with Gasteiger partial charge in [0, 0.05) is 18.1 Å². The minimum absolute atomic E-state index is 0.0766. The van der Waals surface area contributed by atoms with Gasteiger partial charge in [-0.15, -0.1) is 11.8 Å². The summed E-state index contributed by atoms with van der Waals surface area (Å²) >= 11 is 1.65. The molecule has 1 fully saturated rings. The Kier molecular flexibility index (Phi) is 6.41. The molecule has 1 aliphatic rings. The van der Waals surface area contributed by atoms with E-state index in [4.69, 9.17) is 0 Å². The maximum atomic E-state index is 12.2. The van der Waals surface area contributed by atoms with E-state index in [2.05, 4.69) is 13.8 Å². The van der Waals surface area contributed by atoms with Crippen LogP contribution >= 0.6 is 11.8 Å². The van der Waals surface area contributed by atoms with Crippen molar-refractivity contribution >= 4 is 23.4 Å². The molecule has 1 saturated heterocycles. The summed E-state index contributed by atoms with van der Waals surface area (Å²) in [5.41, 5.74) is 0.693. The second-order valence-corrected chi connectivity index (χ2v) is 6.84. The second-order valence-electron chi connectivity index (χ2n) is 5.67. The maximum absolute atomic E-state index is 12.2. The molecule has 6 nitrogen and oxygen atoms in total. The average molecular weight is 338 g/mol. The van der Waals surface area contributed by atoms with Gasteiger partial charge < -0.3 is 9.80 Å². The molecule has 0 bridgehead atoms. The fourth-order valence-electron chi connectivity index (χ4n) is 2.87. The van der Waals surface area contributed by atoms with Crippen molar-refractivity contribution < 1.29 is 14.6 Å². The van der Waals surface area contributed by atoms with E-state index in [0.29, 0.717) is 17.9 Å². The quantitative estimate of drug-likeness (QED) is 0.573. The van der Waals surface area contributed by atoms with E-state index in [1.54, 1.807) is 34.9 Å². The summed E-state index contributed by atoms with van der Waals surface area (Å²) in [5, 5.41) is 11.3. The lowest BCUT2D eigenvalue weighted by molar-refractivity contribution is -0.896. The molecule has 1 aromatic rings. The third kappa shape index (κ3) is 4.45. The summed E-state index contributed by atoms with van der Waals surface area (Å²) in [6.07, 6.45) is 0.925. The first kappa shape index (κ1) is 17.7. The molecule has 0 aliphatic carbocycles. The lowest BCUT2D eigenvalue weighted by atomic mass is 10.1. The van der Waals surface area contributed by atoms with Crippen LogP contribution in [0.25, 0.3) is 0 Å². The van der Waals surface area contributed by atoms with Crippen LogP contribution in [0.15, 0.2) is 24.3 Å². The summed E-state index contributed by atoms with van der Waals surface area (Å²) in [6, 6.07) is 6.67. The van der Waals surface area contributed by atoms with Gasteiger partial charge in [0.2, 0.25) is 5.91 Å². The van der Waals surface area contributed by atoms with Gasteiger partial charge in [-0.2, -0.15) is 0 Å². The van der Waals surface area contributed by atoms with Crippen LogP contribution in [0.1, 0.15) is 25.8 Å².